The minimum atomic E-state index is -0.251. The van der Waals surface area contributed by atoms with Gasteiger partial charge in [0.2, 0.25) is 5.91 Å². The predicted molar refractivity (Wildman–Crippen MR) is 58.7 cm³/mol. The van der Waals surface area contributed by atoms with Crippen LogP contribution in [0.4, 0.5) is 5.69 Å². The van der Waals surface area contributed by atoms with Crippen LogP contribution >= 0.6 is 0 Å². The Balaban J connectivity index is 2.74. The van der Waals surface area contributed by atoms with Gasteiger partial charge in [-0.05, 0) is 17.7 Å². The van der Waals surface area contributed by atoms with E-state index < -0.39 is 0 Å². The SMILES string of the molecule is NCC(=O)Nc1cccc(/C=C/C[O])c1. The summed E-state index contributed by atoms with van der Waals surface area (Å²) in [7, 11) is 0. The summed E-state index contributed by atoms with van der Waals surface area (Å²) in [4.78, 5) is 11.0. The van der Waals surface area contributed by atoms with Crippen LogP contribution in [-0.2, 0) is 9.90 Å². The molecule has 1 rings (SSSR count). The van der Waals surface area contributed by atoms with Crippen molar-refractivity contribution in [2.75, 3.05) is 18.5 Å². The molecule has 0 atom stereocenters. The maximum Gasteiger partial charge on any atom is 0.238 e. The standard InChI is InChI=1S/C11H13N2O2/c12-8-11(15)13-10-5-1-3-9(7-10)4-2-6-14/h1-5,7H,6,8,12H2,(H,13,15)/b4-2+. The number of hydrogen-bond acceptors (Lipinski definition) is 2. The second-order valence-electron chi connectivity index (χ2n) is 2.95. The lowest BCUT2D eigenvalue weighted by atomic mass is 10.2. The summed E-state index contributed by atoms with van der Waals surface area (Å²) >= 11 is 0. The van der Waals surface area contributed by atoms with Gasteiger partial charge >= 0.3 is 0 Å². The van der Waals surface area contributed by atoms with E-state index in [4.69, 9.17) is 5.73 Å². The number of benzene rings is 1. The van der Waals surface area contributed by atoms with Crippen molar-refractivity contribution in [3.05, 3.63) is 35.9 Å². The number of hydrogen-bond donors (Lipinski definition) is 2. The van der Waals surface area contributed by atoms with Gasteiger partial charge in [0, 0.05) is 5.69 Å². The molecule has 1 aromatic rings. The van der Waals surface area contributed by atoms with Gasteiger partial charge < -0.3 is 11.1 Å². The molecule has 0 spiro atoms. The highest BCUT2D eigenvalue weighted by Crippen LogP contribution is 2.11. The van der Waals surface area contributed by atoms with Crippen LogP contribution in [0.15, 0.2) is 30.3 Å². The summed E-state index contributed by atoms with van der Waals surface area (Å²) in [6.45, 7) is -0.292. The number of carbonyl (C=O) groups excluding carboxylic acids is 1. The Morgan fingerprint density at radius 1 is 1.47 bits per heavy atom. The van der Waals surface area contributed by atoms with Gasteiger partial charge in [0.1, 0.15) is 6.61 Å². The van der Waals surface area contributed by atoms with E-state index in [2.05, 4.69) is 5.32 Å². The van der Waals surface area contributed by atoms with Crippen molar-refractivity contribution in [1.82, 2.24) is 0 Å². The molecule has 0 fully saturated rings. The van der Waals surface area contributed by atoms with Crippen LogP contribution < -0.4 is 11.1 Å². The van der Waals surface area contributed by atoms with Crippen LogP contribution in [0, 0.1) is 0 Å². The molecule has 15 heavy (non-hydrogen) atoms. The summed E-state index contributed by atoms with van der Waals surface area (Å²) in [5.41, 5.74) is 6.73. The van der Waals surface area contributed by atoms with E-state index in [-0.39, 0.29) is 19.1 Å². The number of carbonyl (C=O) groups is 1. The third-order valence-corrected chi connectivity index (χ3v) is 1.76. The molecule has 0 aromatic heterocycles. The summed E-state index contributed by atoms with van der Waals surface area (Å²) < 4.78 is 0. The molecular weight excluding hydrogens is 192 g/mol. The van der Waals surface area contributed by atoms with Crippen LogP contribution in [0.1, 0.15) is 5.56 Å². The summed E-state index contributed by atoms with van der Waals surface area (Å²) in [5.74, 6) is -0.236. The number of nitrogens with one attached hydrogen (secondary N) is 1. The molecule has 0 unspecified atom stereocenters. The van der Waals surface area contributed by atoms with E-state index in [0.717, 1.165) is 5.56 Å². The number of nitrogens with two attached hydrogens (primary N) is 1. The lowest BCUT2D eigenvalue weighted by molar-refractivity contribution is -0.114. The molecule has 3 N–H and O–H groups in total. The molecular formula is C11H13N2O2. The van der Waals surface area contributed by atoms with Gasteiger partial charge in [-0.25, -0.2) is 5.11 Å². The molecule has 0 aliphatic heterocycles. The van der Waals surface area contributed by atoms with Crippen LogP contribution in [-0.4, -0.2) is 19.1 Å². The van der Waals surface area contributed by atoms with Gasteiger partial charge in [0.05, 0.1) is 6.54 Å². The first-order valence-electron chi connectivity index (χ1n) is 4.61. The topological polar surface area (TPSA) is 75.0 Å². The Bertz CT molecular complexity index is 361. The highest BCUT2D eigenvalue weighted by molar-refractivity contribution is 5.92. The van der Waals surface area contributed by atoms with Crippen molar-refractivity contribution in [2.24, 2.45) is 5.73 Å². The minimum Gasteiger partial charge on any atom is -0.325 e. The van der Waals surface area contributed by atoms with Crippen molar-refractivity contribution < 1.29 is 9.90 Å². The number of rotatable bonds is 4. The maximum atomic E-state index is 11.0. The third kappa shape index (κ3) is 3.93. The highest BCUT2D eigenvalue weighted by Gasteiger charge is 1.98. The van der Waals surface area contributed by atoms with Gasteiger partial charge in [0.25, 0.3) is 0 Å². The van der Waals surface area contributed by atoms with E-state index in [1.165, 1.54) is 6.08 Å². The monoisotopic (exact) mass is 205 g/mol. The first kappa shape index (κ1) is 11.4. The normalized spacial score (nSPS) is 10.5. The molecule has 1 radical (unpaired) electrons. The van der Waals surface area contributed by atoms with Gasteiger partial charge in [-0.2, -0.15) is 0 Å². The summed E-state index contributed by atoms with van der Waals surface area (Å²) in [6.07, 6.45) is 3.23. The van der Waals surface area contributed by atoms with E-state index in [1.807, 2.05) is 6.07 Å². The van der Waals surface area contributed by atoms with Crippen LogP contribution in [0.3, 0.4) is 0 Å². The molecule has 0 saturated carbocycles. The molecule has 0 aliphatic rings. The second-order valence-corrected chi connectivity index (χ2v) is 2.95. The Kier molecular flexibility index (Phi) is 4.53. The smallest absolute Gasteiger partial charge is 0.238 e. The van der Waals surface area contributed by atoms with E-state index in [9.17, 15) is 9.90 Å². The lowest BCUT2D eigenvalue weighted by Gasteiger charge is -2.03. The molecule has 4 nitrogen and oxygen atoms in total. The minimum absolute atomic E-state index is 0.0410. The number of anilines is 1. The number of amides is 1. The highest BCUT2D eigenvalue weighted by atomic mass is 16.2. The van der Waals surface area contributed by atoms with Crippen molar-refractivity contribution in [3.8, 4) is 0 Å². The van der Waals surface area contributed by atoms with Gasteiger partial charge in [0.15, 0.2) is 0 Å². The molecule has 0 heterocycles. The zero-order valence-electron chi connectivity index (χ0n) is 8.27. The Labute approximate surface area is 88.4 Å². The van der Waals surface area contributed by atoms with Crippen LogP contribution in [0.25, 0.3) is 6.08 Å². The van der Waals surface area contributed by atoms with Crippen molar-refractivity contribution >= 4 is 17.7 Å². The zero-order chi connectivity index (χ0) is 11.1. The van der Waals surface area contributed by atoms with Gasteiger partial charge in [-0.1, -0.05) is 24.3 Å². The average molecular weight is 205 g/mol. The molecule has 0 saturated heterocycles. The molecule has 4 heteroatoms. The summed E-state index contributed by atoms with van der Waals surface area (Å²) in [6, 6.07) is 7.20. The van der Waals surface area contributed by atoms with Crippen molar-refractivity contribution in [1.29, 1.82) is 0 Å². The summed E-state index contributed by atoms with van der Waals surface area (Å²) in [5, 5.41) is 12.9. The quantitative estimate of drug-likeness (QED) is 0.770. The van der Waals surface area contributed by atoms with E-state index in [0.29, 0.717) is 5.69 Å². The largest absolute Gasteiger partial charge is 0.325 e. The fourth-order valence-electron chi connectivity index (χ4n) is 1.12. The van der Waals surface area contributed by atoms with Crippen molar-refractivity contribution in [2.45, 2.75) is 0 Å². The fourth-order valence-corrected chi connectivity index (χ4v) is 1.12. The fraction of sp³-hybridized carbons (Fsp3) is 0.182. The molecule has 1 amide bonds. The zero-order valence-corrected chi connectivity index (χ0v) is 8.27. The molecule has 0 bridgehead atoms. The van der Waals surface area contributed by atoms with Crippen LogP contribution in [0.5, 0.6) is 0 Å². The Morgan fingerprint density at radius 3 is 2.93 bits per heavy atom. The Morgan fingerprint density at radius 2 is 2.27 bits per heavy atom. The Hall–Kier alpha value is -1.65. The third-order valence-electron chi connectivity index (χ3n) is 1.76. The van der Waals surface area contributed by atoms with Crippen LogP contribution in [0.2, 0.25) is 0 Å². The van der Waals surface area contributed by atoms with E-state index in [1.54, 1.807) is 24.3 Å². The molecule has 0 aliphatic carbocycles. The maximum absolute atomic E-state index is 11.0. The first-order valence-corrected chi connectivity index (χ1v) is 4.61. The lowest BCUT2D eigenvalue weighted by Crippen LogP contribution is -2.21. The van der Waals surface area contributed by atoms with Gasteiger partial charge in [-0.3, -0.25) is 4.79 Å². The van der Waals surface area contributed by atoms with Crippen molar-refractivity contribution in [3.63, 3.8) is 0 Å². The average Bonchev–Trinajstić information content (AvgIpc) is 2.26. The second kappa shape index (κ2) is 5.95. The molecule has 79 valence electrons. The first-order chi connectivity index (χ1) is 7.26. The van der Waals surface area contributed by atoms with Gasteiger partial charge in [-0.15, -0.1) is 0 Å². The predicted octanol–water partition coefficient (Wildman–Crippen LogP) is 1.03. The van der Waals surface area contributed by atoms with E-state index >= 15 is 0 Å². The molecule has 1 aromatic carbocycles.